The van der Waals surface area contributed by atoms with Crippen molar-refractivity contribution in [3.8, 4) is 5.75 Å². The summed E-state index contributed by atoms with van der Waals surface area (Å²) in [6.45, 7) is 2.36. The summed E-state index contributed by atoms with van der Waals surface area (Å²) in [6, 6.07) is 12.4. The van der Waals surface area contributed by atoms with Gasteiger partial charge in [0, 0.05) is 5.39 Å². The van der Waals surface area contributed by atoms with Crippen LogP contribution in [0.15, 0.2) is 58.4 Å². The average Bonchev–Trinajstić information content (AvgIpc) is 2.72. The number of hydrogen-bond acceptors (Lipinski definition) is 5. The highest BCUT2D eigenvalue weighted by Gasteiger charge is 2.17. The van der Waals surface area contributed by atoms with Gasteiger partial charge in [0.2, 0.25) is 0 Å². The smallest absolute Gasteiger partial charge is 0.387 e. The van der Waals surface area contributed by atoms with E-state index in [2.05, 4.69) is 20.4 Å². The van der Waals surface area contributed by atoms with Gasteiger partial charge < -0.3 is 4.74 Å². The van der Waals surface area contributed by atoms with Crippen LogP contribution in [0.25, 0.3) is 10.8 Å². The maximum atomic E-state index is 12.8. The second kappa shape index (κ2) is 8.81. The Morgan fingerprint density at radius 1 is 1.10 bits per heavy atom. The zero-order valence-electron chi connectivity index (χ0n) is 16.6. The average molecular weight is 414 g/mol. The largest absolute Gasteiger partial charge is 0.435 e. The van der Waals surface area contributed by atoms with Crippen LogP contribution >= 0.6 is 0 Å². The molecule has 0 aliphatic heterocycles. The number of halogens is 2. The van der Waals surface area contributed by atoms with Gasteiger partial charge in [-0.05, 0) is 56.7 Å². The number of nitrogens with one attached hydrogen (secondary N) is 1. The molecule has 0 saturated carbocycles. The van der Waals surface area contributed by atoms with Crippen molar-refractivity contribution in [3.63, 3.8) is 0 Å². The monoisotopic (exact) mass is 414 g/mol. The first-order valence-electron chi connectivity index (χ1n) is 9.19. The molecule has 0 atom stereocenters. The van der Waals surface area contributed by atoms with Crippen molar-refractivity contribution in [3.05, 3.63) is 70.1 Å². The quantitative estimate of drug-likeness (QED) is 0.492. The van der Waals surface area contributed by atoms with Gasteiger partial charge in [0.25, 0.3) is 11.5 Å². The van der Waals surface area contributed by atoms with Crippen molar-refractivity contribution in [1.82, 2.24) is 15.2 Å². The molecule has 1 heterocycles. The standard InChI is InChI=1S/C21H20F2N4O3/c1-12(2)27-20(29)17-7-5-4-6-16(17)18(26-27)19(28)25-24-13(3)14-8-10-15(11-9-14)30-21(22)23/h4-12,21H,1-3H3,(H,25,28)/b24-13-. The summed E-state index contributed by atoms with van der Waals surface area (Å²) in [7, 11) is 0. The zero-order chi connectivity index (χ0) is 21.8. The lowest BCUT2D eigenvalue weighted by Gasteiger charge is -2.12. The molecule has 1 N–H and O–H groups in total. The van der Waals surface area contributed by atoms with E-state index in [1.165, 1.54) is 16.8 Å². The van der Waals surface area contributed by atoms with Gasteiger partial charge in [-0.2, -0.15) is 19.0 Å². The number of nitrogens with zero attached hydrogens (tertiary/aromatic N) is 3. The molecule has 7 nitrogen and oxygen atoms in total. The van der Waals surface area contributed by atoms with Gasteiger partial charge in [0.05, 0.1) is 17.1 Å². The Kier molecular flexibility index (Phi) is 6.20. The SMILES string of the molecule is C/C(=N/NC(=O)c1nn(C(C)C)c(=O)c2ccccc12)c1ccc(OC(F)F)cc1. The molecule has 2 aromatic carbocycles. The molecule has 1 aromatic heterocycles. The lowest BCUT2D eigenvalue weighted by atomic mass is 10.1. The van der Waals surface area contributed by atoms with Gasteiger partial charge in [0.1, 0.15) is 5.75 Å². The fraction of sp³-hybridized carbons (Fsp3) is 0.238. The van der Waals surface area contributed by atoms with Crippen LogP contribution in [0.3, 0.4) is 0 Å². The summed E-state index contributed by atoms with van der Waals surface area (Å²) in [5, 5.41) is 9.11. The number of aromatic nitrogens is 2. The Morgan fingerprint density at radius 2 is 1.73 bits per heavy atom. The Morgan fingerprint density at radius 3 is 2.33 bits per heavy atom. The summed E-state index contributed by atoms with van der Waals surface area (Å²) in [6.07, 6.45) is 0. The number of carbonyl (C=O) groups excluding carboxylic acids is 1. The van der Waals surface area contributed by atoms with Crippen molar-refractivity contribution < 1.29 is 18.3 Å². The number of alkyl halides is 2. The minimum atomic E-state index is -2.90. The highest BCUT2D eigenvalue weighted by molar-refractivity contribution is 6.06. The van der Waals surface area contributed by atoms with E-state index in [0.29, 0.717) is 22.0 Å². The molecule has 3 aromatic rings. The molecule has 0 saturated heterocycles. The van der Waals surface area contributed by atoms with Gasteiger partial charge in [-0.3, -0.25) is 9.59 Å². The van der Waals surface area contributed by atoms with Crippen LogP contribution in [0.2, 0.25) is 0 Å². The number of fused-ring (bicyclic) bond motifs is 1. The number of hydrogen-bond donors (Lipinski definition) is 1. The highest BCUT2D eigenvalue weighted by atomic mass is 19.3. The number of amides is 1. The third-order valence-electron chi connectivity index (χ3n) is 4.36. The van der Waals surface area contributed by atoms with E-state index in [4.69, 9.17) is 0 Å². The van der Waals surface area contributed by atoms with Crippen molar-refractivity contribution in [2.45, 2.75) is 33.4 Å². The molecular formula is C21H20F2N4O3. The van der Waals surface area contributed by atoms with Crippen LogP contribution in [0.5, 0.6) is 5.75 Å². The van der Waals surface area contributed by atoms with Gasteiger partial charge in [0.15, 0.2) is 5.69 Å². The summed E-state index contributed by atoms with van der Waals surface area (Å²) in [4.78, 5) is 25.3. The Labute approximate surface area is 171 Å². The topological polar surface area (TPSA) is 85.6 Å². The summed E-state index contributed by atoms with van der Waals surface area (Å²) in [5.41, 5.74) is 3.31. The van der Waals surface area contributed by atoms with Gasteiger partial charge in [-0.1, -0.05) is 18.2 Å². The number of hydrazone groups is 1. The van der Waals surface area contributed by atoms with Gasteiger partial charge >= 0.3 is 6.61 Å². The van der Waals surface area contributed by atoms with E-state index < -0.39 is 12.5 Å². The third-order valence-corrected chi connectivity index (χ3v) is 4.36. The van der Waals surface area contributed by atoms with E-state index in [1.54, 1.807) is 57.2 Å². The minimum Gasteiger partial charge on any atom is -0.435 e. The maximum Gasteiger partial charge on any atom is 0.387 e. The number of benzene rings is 2. The third kappa shape index (κ3) is 4.51. The van der Waals surface area contributed by atoms with Crippen LogP contribution in [0, 0.1) is 0 Å². The summed E-state index contributed by atoms with van der Waals surface area (Å²) in [5.74, 6) is -0.546. The number of ether oxygens (including phenoxy) is 1. The van der Waals surface area contributed by atoms with E-state index in [-0.39, 0.29) is 23.0 Å². The molecule has 30 heavy (non-hydrogen) atoms. The lowest BCUT2D eigenvalue weighted by molar-refractivity contribution is -0.0498. The van der Waals surface area contributed by atoms with Crippen LogP contribution in [0.1, 0.15) is 42.9 Å². The highest BCUT2D eigenvalue weighted by Crippen LogP contribution is 2.16. The molecule has 0 aliphatic carbocycles. The van der Waals surface area contributed by atoms with Crippen molar-refractivity contribution in [1.29, 1.82) is 0 Å². The van der Waals surface area contributed by atoms with Gasteiger partial charge in [-0.15, -0.1) is 0 Å². The molecule has 0 radical (unpaired) electrons. The normalized spacial score (nSPS) is 11.9. The second-order valence-corrected chi connectivity index (χ2v) is 6.78. The van der Waals surface area contributed by atoms with Crippen LogP contribution in [-0.2, 0) is 0 Å². The zero-order valence-corrected chi connectivity index (χ0v) is 16.6. The van der Waals surface area contributed by atoms with Crippen LogP contribution < -0.4 is 15.7 Å². The molecule has 0 fully saturated rings. The fourth-order valence-corrected chi connectivity index (χ4v) is 2.85. The Hall–Kier alpha value is -3.62. The number of carbonyl (C=O) groups is 1. The van der Waals surface area contributed by atoms with E-state index >= 15 is 0 Å². The molecule has 9 heteroatoms. The summed E-state index contributed by atoms with van der Waals surface area (Å²) >= 11 is 0. The fourth-order valence-electron chi connectivity index (χ4n) is 2.85. The first-order chi connectivity index (χ1) is 14.3. The minimum absolute atomic E-state index is 0.0252. The Bertz CT molecular complexity index is 1160. The molecule has 3 rings (SSSR count). The molecule has 1 amide bonds. The summed E-state index contributed by atoms with van der Waals surface area (Å²) < 4.78 is 30.1. The maximum absolute atomic E-state index is 12.8. The molecule has 0 bridgehead atoms. The van der Waals surface area contributed by atoms with E-state index in [1.807, 2.05) is 0 Å². The second-order valence-electron chi connectivity index (χ2n) is 6.78. The van der Waals surface area contributed by atoms with Crippen LogP contribution in [-0.4, -0.2) is 28.0 Å². The lowest BCUT2D eigenvalue weighted by Crippen LogP contribution is -2.30. The molecule has 0 unspecified atom stereocenters. The van der Waals surface area contributed by atoms with Gasteiger partial charge in [-0.25, -0.2) is 10.1 Å². The predicted molar refractivity (Wildman–Crippen MR) is 109 cm³/mol. The first kappa shape index (κ1) is 21.1. The van der Waals surface area contributed by atoms with Crippen molar-refractivity contribution >= 4 is 22.4 Å². The van der Waals surface area contributed by atoms with Crippen LogP contribution in [0.4, 0.5) is 8.78 Å². The number of rotatable bonds is 6. The molecule has 0 aliphatic rings. The van der Waals surface area contributed by atoms with E-state index in [0.717, 1.165) is 0 Å². The van der Waals surface area contributed by atoms with Crippen molar-refractivity contribution in [2.24, 2.45) is 5.10 Å². The Balaban J connectivity index is 1.88. The van der Waals surface area contributed by atoms with Crippen molar-refractivity contribution in [2.75, 3.05) is 0 Å². The predicted octanol–water partition coefficient (Wildman–Crippen LogP) is 3.73. The van der Waals surface area contributed by atoms with E-state index in [9.17, 15) is 18.4 Å². The molecular weight excluding hydrogens is 394 g/mol. The molecule has 156 valence electrons. The molecule has 0 spiro atoms. The first-order valence-corrected chi connectivity index (χ1v) is 9.19.